The second kappa shape index (κ2) is 5.06. The van der Waals surface area contributed by atoms with E-state index in [0.717, 1.165) is 18.0 Å². The van der Waals surface area contributed by atoms with Crippen molar-refractivity contribution in [1.82, 2.24) is 4.57 Å². The summed E-state index contributed by atoms with van der Waals surface area (Å²) in [5.41, 5.74) is 8.31. The zero-order valence-electron chi connectivity index (χ0n) is 10.3. The summed E-state index contributed by atoms with van der Waals surface area (Å²) in [5, 5.41) is 0. The molecule has 90 valence electrons. The third-order valence-corrected chi connectivity index (χ3v) is 2.84. The normalized spacial score (nSPS) is 12.4. The Hall–Kier alpha value is -1.74. The van der Waals surface area contributed by atoms with Gasteiger partial charge in [-0.1, -0.05) is 12.1 Å². The van der Waals surface area contributed by atoms with Crippen LogP contribution in [0.25, 0.3) is 0 Å². The highest BCUT2D eigenvalue weighted by molar-refractivity contribution is 5.28. The van der Waals surface area contributed by atoms with Gasteiger partial charge in [0.05, 0.1) is 7.11 Å². The highest BCUT2D eigenvalue weighted by Gasteiger charge is 2.05. The van der Waals surface area contributed by atoms with Gasteiger partial charge in [-0.25, -0.2) is 0 Å². The number of benzene rings is 1. The third kappa shape index (κ3) is 2.68. The molecule has 0 aliphatic carbocycles. The van der Waals surface area contributed by atoms with Gasteiger partial charge >= 0.3 is 0 Å². The number of hydrogen-bond acceptors (Lipinski definition) is 2. The minimum Gasteiger partial charge on any atom is -0.497 e. The van der Waals surface area contributed by atoms with E-state index in [4.69, 9.17) is 10.5 Å². The smallest absolute Gasteiger partial charge is 0.118 e. The van der Waals surface area contributed by atoms with Gasteiger partial charge in [-0.2, -0.15) is 0 Å². The SMILES string of the molecule is COc1ccc(Cn2cccc2C(C)N)cc1. The molecule has 1 atom stereocenters. The number of nitrogens with zero attached hydrogens (tertiary/aromatic N) is 1. The maximum atomic E-state index is 5.92. The van der Waals surface area contributed by atoms with E-state index in [1.807, 2.05) is 25.1 Å². The fraction of sp³-hybridized carbons (Fsp3) is 0.286. The van der Waals surface area contributed by atoms with Crippen molar-refractivity contribution in [1.29, 1.82) is 0 Å². The summed E-state index contributed by atoms with van der Waals surface area (Å²) in [6.07, 6.45) is 2.06. The Balaban J connectivity index is 2.16. The summed E-state index contributed by atoms with van der Waals surface area (Å²) in [6.45, 7) is 2.84. The second-order valence-corrected chi connectivity index (χ2v) is 4.20. The molecule has 1 aromatic carbocycles. The second-order valence-electron chi connectivity index (χ2n) is 4.20. The Morgan fingerprint density at radius 1 is 1.24 bits per heavy atom. The summed E-state index contributed by atoms with van der Waals surface area (Å²) in [5.74, 6) is 0.883. The lowest BCUT2D eigenvalue weighted by Gasteiger charge is -2.12. The van der Waals surface area contributed by atoms with Gasteiger partial charge in [0.2, 0.25) is 0 Å². The van der Waals surface area contributed by atoms with E-state index in [-0.39, 0.29) is 6.04 Å². The number of ether oxygens (including phenoxy) is 1. The zero-order chi connectivity index (χ0) is 12.3. The number of aromatic nitrogens is 1. The average molecular weight is 230 g/mol. The molecule has 1 aromatic heterocycles. The quantitative estimate of drug-likeness (QED) is 0.877. The molecule has 0 amide bonds. The summed E-state index contributed by atoms with van der Waals surface area (Å²) in [7, 11) is 1.68. The van der Waals surface area contributed by atoms with Crippen LogP contribution in [0.3, 0.4) is 0 Å². The molecule has 3 nitrogen and oxygen atoms in total. The number of rotatable bonds is 4. The average Bonchev–Trinajstić information content (AvgIpc) is 2.78. The first kappa shape index (κ1) is 11.7. The summed E-state index contributed by atoms with van der Waals surface area (Å²) < 4.78 is 7.31. The van der Waals surface area contributed by atoms with Crippen molar-refractivity contribution < 1.29 is 4.74 Å². The molecule has 0 saturated carbocycles. The highest BCUT2D eigenvalue weighted by atomic mass is 16.5. The van der Waals surface area contributed by atoms with E-state index < -0.39 is 0 Å². The standard InChI is InChI=1S/C14H18N2O/c1-11(15)14-4-3-9-16(14)10-12-5-7-13(17-2)8-6-12/h3-9,11H,10,15H2,1-2H3. The molecule has 3 heteroatoms. The van der Waals surface area contributed by atoms with Gasteiger partial charge < -0.3 is 15.0 Å². The Morgan fingerprint density at radius 3 is 2.53 bits per heavy atom. The van der Waals surface area contributed by atoms with Gasteiger partial charge in [-0.15, -0.1) is 0 Å². The van der Waals surface area contributed by atoms with Crippen LogP contribution in [0.15, 0.2) is 42.6 Å². The van der Waals surface area contributed by atoms with Crippen LogP contribution in [0, 0.1) is 0 Å². The topological polar surface area (TPSA) is 40.2 Å². The van der Waals surface area contributed by atoms with E-state index in [9.17, 15) is 0 Å². The van der Waals surface area contributed by atoms with Crippen LogP contribution in [0.1, 0.15) is 24.2 Å². The molecular formula is C14H18N2O. The molecule has 1 heterocycles. The van der Waals surface area contributed by atoms with Crippen molar-refractivity contribution in [2.24, 2.45) is 5.73 Å². The Labute approximate surface area is 102 Å². The molecule has 0 aliphatic rings. The van der Waals surface area contributed by atoms with Crippen molar-refractivity contribution in [2.45, 2.75) is 19.5 Å². The molecule has 2 rings (SSSR count). The van der Waals surface area contributed by atoms with Crippen LogP contribution in [-0.2, 0) is 6.54 Å². The van der Waals surface area contributed by atoms with Crippen molar-refractivity contribution in [2.75, 3.05) is 7.11 Å². The molecule has 2 N–H and O–H groups in total. The van der Waals surface area contributed by atoms with Crippen molar-refractivity contribution >= 4 is 0 Å². The number of nitrogens with two attached hydrogens (primary N) is 1. The Bertz CT molecular complexity index is 471. The van der Waals surface area contributed by atoms with Crippen molar-refractivity contribution in [3.05, 3.63) is 53.9 Å². The molecule has 0 spiro atoms. The fourth-order valence-corrected chi connectivity index (χ4v) is 1.91. The van der Waals surface area contributed by atoms with Crippen LogP contribution >= 0.6 is 0 Å². The molecule has 0 bridgehead atoms. The fourth-order valence-electron chi connectivity index (χ4n) is 1.91. The predicted octanol–water partition coefficient (Wildman–Crippen LogP) is 2.56. The largest absolute Gasteiger partial charge is 0.497 e. The maximum Gasteiger partial charge on any atom is 0.118 e. The number of methoxy groups -OCH3 is 1. The molecule has 0 saturated heterocycles. The van der Waals surface area contributed by atoms with Gasteiger partial charge in [0, 0.05) is 24.5 Å². The molecular weight excluding hydrogens is 212 g/mol. The van der Waals surface area contributed by atoms with Crippen LogP contribution in [0.4, 0.5) is 0 Å². The van der Waals surface area contributed by atoms with Gasteiger partial charge in [-0.05, 0) is 36.8 Å². The molecule has 0 aliphatic heterocycles. The van der Waals surface area contributed by atoms with Gasteiger partial charge in [0.25, 0.3) is 0 Å². The lowest BCUT2D eigenvalue weighted by molar-refractivity contribution is 0.414. The van der Waals surface area contributed by atoms with Gasteiger partial charge in [-0.3, -0.25) is 0 Å². The first-order valence-corrected chi connectivity index (χ1v) is 5.74. The van der Waals surface area contributed by atoms with E-state index >= 15 is 0 Å². The monoisotopic (exact) mass is 230 g/mol. The lowest BCUT2D eigenvalue weighted by Crippen LogP contribution is -2.12. The first-order chi connectivity index (χ1) is 8.20. The molecule has 2 aromatic rings. The van der Waals surface area contributed by atoms with Crippen molar-refractivity contribution in [3.8, 4) is 5.75 Å². The van der Waals surface area contributed by atoms with Crippen LogP contribution in [0.2, 0.25) is 0 Å². The lowest BCUT2D eigenvalue weighted by atomic mass is 10.2. The molecule has 0 fully saturated rings. The minimum absolute atomic E-state index is 0.0586. The van der Waals surface area contributed by atoms with Crippen LogP contribution in [0.5, 0.6) is 5.75 Å². The van der Waals surface area contributed by atoms with Gasteiger partial charge in [0.15, 0.2) is 0 Å². The zero-order valence-corrected chi connectivity index (χ0v) is 10.3. The Morgan fingerprint density at radius 2 is 1.94 bits per heavy atom. The van der Waals surface area contributed by atoms with E-state index in [1.54, 1.807) is 7.11 Å². The molecule has 0 radical (unpaired) electrons. The Kier molecular flexibility index (Phi) is 3.49. The third-order valence-electron chi connectivity index (χ3n) is 2.84. The maximum absolute atomic E-state index is 5.92. The van der Waals surface area contributed by atoms with Crippen LogP contribution in [-0.4, -0.2) is 11.7 Å². The number of hydrogen-bond donors (Lipinski definition) is 1. The van der Waals surface area contributed by atoms with Crippen molar-refractivity contribution in [3.63, 3.8) is 0 Å². The summed E-state index contributed by atoms with van der Waals surface area (Å²) in [6, 6.07) is 12.3. The summed E-state index contributed by atoms with van der Waals surface area (Å²) >= 11 is 0. The predicted molar refractivity (Wildman–Crippen MR) is 69.1 cm³/mol. The van der Waals surface area contributed by atoms with E-state index in [2.05, 4.69) is 29.0 Å². The molecule has 17 heavy (non-hydrogen) atoms. The first-order valence-electron chi connectivity index (χ1n) is 5.74. The highest BCUT2D eigenvalue weighted by Crippen LogP contribution is 2.16. The van der Waals surface area contributed by atoms with E-state index in [1.165, 1.54) is 5.56 Å². The van der Waals surface area contributed by atoms with Gasteiger partial charge in [0.1, 0.15) is 5.75 Å². The minimum atomic E-state index is 0.0586. The van der Waals surface area contributed by atoms with E-state index in [0.29, 0.717) is 0 Å². The van der Waals surface area contributed by atoms with Crippen LogP contribution < -0.4 is 10.5 Å². The molecule has 1 unspecified atom stereocenters. The summed E-state index contributed by atoms with van der Waals surface area (Å²) in [4.78, 5) is 0.